The molecule has 3 aromatic rings. The van der Waals surface area contributed by atoms with Crippen LogP contribution in [-0.4, -0.2) is 12.5 Å². The number of aryl methyl sites for hydroxylation is 1. The minimum Gasteiger partial charge on any atom is -0.367 e. The Morgan fingerprint density at radius 1 is 0.897 bits per heavy atom. The monoisotopic (exact) mass is 382 g/mol. The quantitative estimate of drug-likeness (QED) is 0.684. The van der Waals surface area contributed by atoms with Crippen LogP contribution in [0.4, 0.5) is 5.69 Å². The highest BCUT2D eigenvalue weighted by Crippen LogP contribution is 2.30. The standard InChI is InChI=1S/C26H26N2O/c29-26(27-24-10-5-8-20-6-1-3-9-23(20)24)22-14-12-19(13-15-22)18-28-17-16-21-7-2-4-11-25(21)28/h1-4,6-7,9,11-15,24H,5,8,10,16-18H2,(H,27,29)/t24-/m1/s1. The Hall–Kier alpha value is -3.07. The van der Waals surface area contributed by atoms with E-state index in [0.717, 1.165) is 44.3 Å². The van der Waals surface area contributed by atoms with Gasteiger partial charge in [0, 0.05) is 24.3 Å². The van der Waals surface area contributed by atoms with E-state index in [4.69, 9.17) is 0 Å². The zero-order valence-electron chi connectivity index (χ0n) is 16.6. The van der Waals surface area contributed by atoms with Crippen LogP contribution >= 0.6 is 0 Å². The van der Waals surface area contributed by atoms with E-state index >= 15 is 0 Å². The molecule has 5 rings (SSSR count). The van der Waals surface area contributed by atoms with Gasteiger partial charge >= 0.3 is 0 Å². The molecule has 1 atom stereocenters. The molecule has 0 spiro atoms. The van der Waals surface area contributed by atoms with Crippen molar-refractivity contribution in [3.8, 4) is 0 Å². The number of anilines is 1. The van der Waals surface area contributed by atoms with Crippen molar-refractivity contribution in [2.45, 2.75) is 38.3 Å². The summed E-state index contributed by atoms with van der Waals surface area (Å²) in [6, 6.07) is 25.3. The first-order chi connectivity index (χ1) is 14.3. The Bertz CT molecular complexity index is 1020. The van der Waals surface area contributed by atoms with Gasteiger partial charge in [0.1, 0.15) is 0 Å². The topological polar surface area (TPSA) is 32.3 Å². The third-order valence-electron chi connectivity index (χ3n) is 6.25. The molecule has 1 aliphatic heterocycles. The molecule has 146 valence electrons. The number of hydrogen-bond acceptors (Lipinski definition) is 2. The smallest absolute Gasteiger partial charge is 0.251 e. The Balaban J connectivity index is 1.26. The van der Waals surface area contributed by atoms with Crippen molar-refractivity contribution >= 4 is 11.6 Å². The Morgan fingerprint density at radius 2 is 1.66 bits per heavy atom. The molecule has 0 radical (unpaired) electrons. The first-order valence-corrected chi connectivity index (χ1v) is 10.6. The summed E-state index contributed by atoms with van der Waals surface area (Å²) < 4.78 is 0. The first-order valence-electron chi connectivity index (χ1n) is 10.6. The van der Waals surface area contributed by atoms with E-state index in [0.29, 0.717) is 0 Å². The molecule has 1 N–H and O–H groups in total. The minimum atomic E-state index is 0.0183. The third kappa shape index (κ3) is 3.65. The molecule has 3 aromatic carbocycles. The van der Waals surface area contributed by atoms with Gasteiger partial charge < -0.3 is 10.2 Å². The fourth-order valence-corrected chi connectivity index (χ4v) is 4.70. The van der Waals surface area contributed by atoms with Crippen molar-refractivity contribution < 1.29 is 4.79 Å². The van der Waals surface area contributed by atoms with Crippen molar-refractivity contribution in [2.24, 2.45) is 0 Å². The number of benzene rings is 3. The number of fused-ring (bicyclic) bond motifs is 2. The van der Waals surface area contributed by atoms with Gasteiger partial charge in [-0.05, 0) is 66.1 Å². The molecule has 0 saturated heterocycles. The van der Waals surface area contributed by atoms with E-state index in [1.807, 2.05) is 12.1 Å². The summed E-state index contributed by atoms with van der Waals surface area (Å²) in [4.78, 5) is 15.2. The van der Waals surface area contributed by atoms with Crippen molar-refractivity contribution in [1.29, 1.82) is 0 Å². The second kappa shape index (κ2) is 7.75. The van der Waals surface area contributed by atoms with Crippen LogP contribution in [0.15, 0.2) is 72.8 Å². The lowest BCUT2D eigenvalue weighted by molar-refractivity contribution is 0.0932. The highest BCUT2D eigenvalue weighted by Gasteiger charge is 2.22. The molecule has 0 fully saturated rings. The van der Waals surface area contributed by atoms with Gasteiger partial charge in [0.15, 0.2) is 0 Å². The lowest BCUT2D eigenvalue weighted by Gasteiger charge is -2.26. The summed E-state index contributed by atoms with van der Waals surface area (Å²) in [5.74, 6) is 0.0183. The maximum absolute atomic E-state index is 12.8. The minimum absolute atomic E-state index is 0.0183. The highest BCUT2D eigenvalue weighted by molar-refractivity contribution is 5.94. The fraction of sp³-hybridized carbons (Fsp3) is 0.269. The second-order valence-corrected chi connectivity index (χ2v) is 8.11. The molecule has 0 saturated carbocycles. The first kappa shape index (κ1) is 18.0. The van der Waals surface area contributed by atoms with E-state index in [1.165, 1.54) is 27.9 Å². The number of hydrogen-bond donors (Lipinski definition) is 1. The Morgan fingerprint density at radius 3 is 2.52 bits per heavy atom. The van der Waals surface area contributed by atoms with Crippen LogP contribution in [0.25, 0.3) is 0 Å². The Labute approximate surface area is 172 Å². The van der Waals surface area contributed by atoms with Gasteiger partial charge in [0.2, 0.25) is 0 Å². The zero-order chi connectivity index (χ0) is 19.6. The summed E-state index contributed by atoms with van der Waals surface area (Å²) in [6.45, 7) is 1.94. The summed E-state index contributed by atoms with van der Waals surface area (Å²) in [5, 5.41) is 3.25. The molecule has 0 bridgehead atoms. The fourth-order valence-electron chi connectivity index (χ4n) is 4.70. The predicted octanol–water partition coefficient (Wildman–Crippen LogP) is 5.06. The highest BCUT2D eigenvalue weighted by atomic mass is 16.1. The van der Waals surface area contributed by atoms with E-state index in [9.17, 15) is 4.79 Å². The number of carbonyl (C=O) groups excluding carboxylic acids is 1. The van der Waals surface area contributed by atoms with Gasteiger partial charge in [-0.25, -0.2) is 0 Å². The average molecular weight is 383 g/mol. The van der Waals surface area contributed by atoms with Gasteiger partial charge in [-0.1, -0.05) is 54.6 Å². The Kier molecular flexibility index (Phi) is 4.81. The molecular weight excluding hydrogens is 356 g/mol. The summed E-state index contributed by atoms with van der Waals surface area (Å²) >= 11 is 0. The van der Waals surface area contributed by atoms with Gasteiger partial charge in [-0.2, -0.15) is 0 Å². The van der Waals surface area contributed by atoms with Crippen LogP contribution in [0.1, 0.15) is 51.5 Å². The second-order valence-electron chi connectivity index (χ2n) is 8.11. The van der Waals surface area contributed by atoms with E-state index in [1.54, 1.807) is 0 Å². The lowest BCUT2D eigenvalue weighted by Crippen LogP contribution is -2.31. The maximum Gasteiger partial charge on any atom is 0.251 e. The van der Waals surface area contributed by atoms with Crippen LogP contribution in [0.2, 0.25) is 0 Å². The average Bonchev–Trinajstić information content (AvgIpc) is 3.17. The van der Waals surface area contributed by atoms with Crippen LogP contribution in [-0.2, 0) is 19.4 Å². The molecule has 1 amide bonds. The van der Waals surface area contributed by atoms with Crippen LogP contribution in [0.3, 0.4) is 0 Å². The number of nitrogens with one attached hydrogen (secondary N) is 1. The van der Waals surface area contributed by atoms with Gasteiger partial charge in [-0.3, -0.25) is 4.79 Å². The molecular formula is C26H26N2O. The van der Waals surface area contributed by atoms with Crippen molar-refractivity contribution in [1.82, 2.24) is 5.32 Å². The molecule has 0 aromatic heterocycles. The summed E-state index contributed by atoms with van der Waals surface area (Å²) in [5.41, 5.74) is 7.38. The largest absolute Gasteiger partial charge is 0.367 e. The normalized spacial score (nSPS) is 17.5. The molecule has 29 heavy (non-hydrogen) atoms. The van der Waals surface area contributed by atoms with E-state index < -0.39 is 0 Å². The molecule has 1 aliphatic carbocycles. The van der Waals surface area contributed by atoms with Crippen molar-refractivity contribution in [2.75, 3.05) is 11.4 Å². The number of carbonyl (C=O) groups is 1. The number of nitrogens with zero attached hydrogens (tertiary/aromatic N) is 1. The van der Waals surface area contributed by atoms with Gasteiger partial charge in [0.05, 0.1) is 6.04 Å². The number of rotatable bonds is 4. The summed E-state index contributed by atoms with van der Waals surface area (Å²) in [7, 11) is 0. The van der Waals surface area contributed by atoms with E-state index in [-0.39, 0.29) is 11.9 Å². The molecule has 0 unspecified atom stereocenters. The molecule has 3 heteroatoms. The van der Waals surface area contributed by atoms with Gasteiger partial charge in [-0.15, -0.1) is 0 Å². The maximum atomic E-state index is 12.8. The van der Waals surface area contributed by atoms with Crippen LogP contribution in [0, 0.1) is 0 Å². The van der Waals surface area contributed by atoms with Crippen molar-refractivity contribution in [3.05, 3.63) is 101 Å². The van der Waals surface area contributed by atoms with Crippen LogP contribution in [0.5, 0.6) is 0 Å². The van der Waals surface area contributed by atoms with Crippen molar-refractivity contribution in [3.63, 3.8) is 0 Å². The SMILES string of the molecule is O=C(N[C@@H]1CCCc2ccccc21)c1ccc(CN2CCc3ccccc32)cc1. The number of para-hydroxylation sites is 1. The third-order valence-corrected chi connectivity index (χ3v) is 6.25. The predicted molar refractivity (Wildman–Crippen MR) is 117 cm³/mol. The zero-order valence-corrected chi connectivity index (χ0v) is 16.6. The molecule has 1 heterocycles. The number of amides is 1. The lowest BCUT2D eigenvalue weighted by atomic mass is 9.87. The summed E-state index contributed by atoms with van der Waals surface area (Å²) in [6.07, 6.45) is 4.35. The van der Waals surface area contributed by atoms with E-state index in [2.05, 4.69) is 70.9 Å². The van der Waals surface area contributed by atoms with Crippen LogP contribution < -0.4 is 10.2 Å². The van der Waals surface area contributed by atoms with Gasteiger partial charge in [0.25, 0.3) is 5.91 Å². The molecule has 2 aliphatic rings. The molecule has 3 nitrogen and oxygen atoms in total.